The number of benzene rings is 2. The molecule has 1 aromatic heterocycles. The molecular weight excluding hydrogens is 362 g/mol. The van der Waals surface area contributed by atoms with E-state index in [1.807, 2.05) is 53.9 Å². The number of amides is 1. The van der Waals surface area contributed by atoms with Gasteiger partial charge in [0.2, 0.25) is 0 Å². The van der Waals surface area contributed by atoms with Gasteiger partial charge in [-0.1, -0.05) is 17.4 Å². The third kappa shape index (κ3) is 4.04. The lowest BCUT2D eigenvalue weighted by Gasteiger charge is -2.11. The molecular formula is C20H23N3O3S. The molecule has 142 valence electrons. The first-order valence-electron chi connectivity index (χ1n) is 8.57. The summed E-state index contributed by atoms with van der Waals surface area (Å²) in [5.74, 6) is 0.487. The summed E-state index contributed by atoms with van der Waals surface area (Å²) in [6, 6.07) is 13.3. The summed E-state index contributed by atoms with van der Waals surface area (Å²) in [5.41, 5.74) is 2.52. The fourth-order valence-corrected chi connectivity index (χ4v) is 3.86. The van der Waals surface area contributed by atoms with E-state index < -0.39 is 0 Å². The predicted octanol–water partition coefficient (Wildman–Crippen LogP) is 3.16. The molecule has 0 N–H and O–H groups in total. The van der Waals surface area contributed by atoms with Crippen LogP contribution in [0.1, 0.15) is 10.4 Å². The van der Waals surface area contributed by atoms with E-state index in [0.29, 0.717) is 23.5 Å². The zero-order chi connectivity index (χ0) is 19.4. The SMILES string of the molecule is COCCn1c(=NC(=O)c2ccc(N(C)C)cc2)sc2cccc(OC)c21. The minimum atomic E-state index is -0.267. The van der Waals surface area contributed by atoms with Crippen molar-refractivity contribution in [3.63, 3.8) is 0 Å². The molecule has 0 aliphatic carbocycles. The van der Waals surface area contributed by atoms with Gasteiger partial charge in [0.05, 0.1) is 18.4 Å². The van der Waals surface area contributed by atoms with E-state index in [0.717, 1.165) is 21.7 Å². The van der Waals surface area contributed by atoms with Crippen LogP contribution in [0.5, 0.6) is 5.75 Å². The Hall–Kier alpha value is -2.64. The lowest BCUT2D eigenvalue weighted by Crippen LogP contribution is -2.19. The largest absolute Gasteiger partial charge is 0.495 e. The molecule has 6 nitrogen and oxygen atoms in total. The van der Waals surface area contributed by atoms with Crippen molar-refractivity contribution in [3.05, 3.63) is 52.8 Å². The molecule has 3 rings (SSSR count). The van der Waals surface area contributed by atoms with E-state index in [9.17, 15) is 4.79 Å². The van der Waals surface area contributed by atoms with E-state index in [1.165, 1.54) is 11.3 Å². The summed E-state index contributed by atoms with van der Waals surface area (Å²) < 4.78 is 13.7. The molecule has 0 saturated heterocycles. The minimum absolute atomic E-state index is 0.267. The summed E-state index contributed by atoms with van der Waals surface area (Å²) >= 11 is 1.47. The average molecular weight is 385 g/mol. The molecule has 0 unspecified atom stereocenters. The number of carbonyl (C=O) groups excluding carboxylic acids is 1. The molecule has 0 aliphatic heterocycles. The standard InChI is InChI=1S/C20H23N3O3S/c1-22(2)15-10-8-14(9-11-15)19(24)21-20-23(12-13-25-3)18-16(26-4)6-5-7-17(18)27-20/h5-11H,12-13H2,1-4H3. The molecule has 0 fully saturated rings. The van der Waals surface area contributed by atoms with E-state index >= 15 is 0 Å². The Kier molecular flexibility index (Phi) is 5.93. The molecule has 2 aromatic carbocycles. The van der Waals surface area contributed by atoms with Gasteiger partial charge in [-0.3, -0.25) is 4.79 Å². The number of anilines is 1. The fraction of sp³-hybridized carbons (Fsp3) is 0.300. The lowest BCUT2D eigenvalue weighted by molar-refractivity contribution is 0.0997. The Morgan fingerprint density at radius 2 is 1.89 bits per heavy atom. The summed E-state index contributed by atoms with van der Waals surface area (Å²) in [5, 5.41) is 0. The number of fused-ring (bicyclic) bond motifs is 1. The summed E-state index contributed by atoms with van der Waals surface area (Å²) in [4.78, 5) is 19.7. The number of para-hydroxylation sites is 1. The van der Waals surface area contributed by atoms with Crippen molar-refractivity contribution in [3.8, 4) is 5.75 Å². The second-order valence-electron chi connectivity index (χ2n) is 6.19. The van der Waals surface area contributed by atoms with Crippen molar-refractivity contribution in [1.82, 2.24) is 4.57 Å². The molecule has 0 radical (unpaired) electrons. The molecule has 0 aliphatic rings. The number of nitrogens with zero attached hydrogens (tertiary/aromatic N) is 3. The van der Waals surface area contributed by atoms with Crippen LogP contribution in [0.2, 0.25) is 0 Å². The quantitative estimate of drug-likeness (QED) is 0.654. The third-order valence-corrected chi connectivity index (χ3v) is 5.27. The van der Waals surface area contributed by atoms with Gasteiger partial charge < -0.3 is 18.9 Å². The van der Waals surface area contributed by atoms with Gasteiger partial charge in [0, 0.05) is 39.0 Å². The van der Waals surface area contributed by atoms with Gasteiger partial charge in [0.15, 0.2) is 4.80 Å². The smallest absolute Gasteiger partial charge is 0.279 e. The van der Waals surface area contributed by atoms with Gasteiger partial charge in [0.25, 0.3) is 5.91 Å². The molecule has 0 saturated carbocycles. The first-order valence-corrected chi connectivity index (χ1v) is 9.38. The molecule has 27 heavy (non-hydrogen) atoms. The van der Waals surface area contributed by atoms with Crippen LogP contribution in [-0.4, -0.2) is 45.4 Å². The monoisotopic (exact) mass is 385 g/mol. The Bertz CT molecular complexity index is 1000. The van der Waals surface area contributed by atoms with Gasteiger partial charge in [-0.15, -0.1) is 0 Å². The number of ether oxygens (including phenoxy) is 2. The van der Waals surface area contributed by atoms with Gasteiger partial charge >= 0.3 is 0 Å². The highest BCUT2D eigenvalue weighted by Crippen LogP contribution is 2.27. The van der Waals surface area contributed by atoms with Gasteiger partial charge in [-0.25, -0.2) is 0 Å². The average Bonchev–Trinajstić information content (AvgIpc) is 3.03. The van der Waals surface area contributed by atoms with E-state index in [-0.39, 0.29) is 5.91 Å². The number of hydrogen-bond donors (Lipinski definition) is 0. The molecule has 3 aromatic rings. The van der Waals surface area contributed by atoms with Crippen molar-refractivity contribution in [2.45, 2.75) is 6.54 Å². The number of methoxy groups -OCH3 is 2. The molecule has 0 atom stereocenters. The van der Waals surface area contributed by atoms with E-state index in [1.54, 1.807) is 26.4 Å². The maximum Gasteiger partial charge on any atom is 0.279 e. The fourth-order valence-electron chi connectivity index (χ4n) is 2.79. The van der Waals surface area contributed by atoms with Gasteiger partial charge in [-0.05, 0) is 36.4 Å². The van der Waals surface area contributed by atoms with Crippen LogP contribution in [0.4, 0.5) is 5.69 Å². The number of hydrogen-bond acceptors (Lipinski definition) is 5. The molecule has 0 bridgehead atoms. The summed E-state index contributed by atoms with van der Waals surface area (Å²) in [6.45, 7) is 1.10. The Balaban J connectivity index is 2.07. The minimum Gasteiger partial charge on any atom is -0.495 e. The zero-order valence-electron chi connectivity index (χ0n) is 15.9. The number of rotatable bonds is 6. The van der Waals surface area contributed by atoms with Crippen LogP contribution >= 0.6 is 11.3 Å². The summed E-state index contributed by atoms with van der Waals surface area (Å²) in [6.07, 6.45) is 0. The van der Waals surface area contributed by atoms with Crippen molar-refractivity contribution < 1.29 is 14.3 Å². The topological polar surface area (TPSA) is 56.1 Å². The highest BCUT2D eigenvalue weighted by Gasteiger charge is 2.13. The van der Waals surface area contributed by atoms with Crippen LogP contribution in [0.25, 0.3) is 10.2 Å². The maximum atomic E-state index is 12.7. The number of carbonyl (C=O) groups is 1. The van der Waals surface area contributed by atoms with Crippen LogP contribution in [0.15, 0.2) is 47.5 Å². The molecule has 7 heteroatoms. The molecule has 1 heterocycles. The van der Waals surface area contributed by atoms with E-state index in [4.69, 9.17) is 9.47 Å². The van der Waals surface area contributed by atoms with Crippen LogP contribution in [-0.2, 0) is 11.3 Å². The highest BCUT2D eigenvalue weighted by atomic mass is 32.1. The van der Waals surface area contributed by atoms with Crippen LogP contribution in [0.3, 0.4) is 0 Å². The van der Waals surface area contributed by atoms with Gasteiger partial charge in [0.1, 0.15) is 11.3 Å². The molecule has 1 amide bonds. The molecule has 0 spiro atoms. The second-order valence-corrected chi connectivity index (χ2v) is 7.20. The normalized spacial score (nSPS) is 11.8. The summed E-state index contributed by atoms with van der Waals surface area (Å²) in [7, 11) is 7.22. The van der Waals surface area contributed by atoms with Crippen molar-refractivity contribution in [2.75, 3.05) is 39.8 Å². The van der Waals surface area contributed by atoms with Crippen molar-refractivity contribution >= 4 is 33.1 Å². The van der Waals surface area contributed by atoms with Crippen molar-refractivity contribution in [1.29, 1.82) is 0 Å². The second kappa shape index (κ2) is 8.37. The predicted molar refractivity (Wildman–Crippen MR) is 109 cm³/mol. The maximum absolute atomic E-state index is 12.7. The van der Waals surface area contributed by atoms with Crippen LogP contribution < -0.4 is 14.4 Å². The number of aromatic nitrogens is 1. The zero-order valence-corrected chi connectivity index (χ0v) is 16.7. The first kappa shape index (κ1) is 19.1. The van der Waals surface area contributed by atoms with Crippen LogP contribution in [0, 0.1) is 0 Å². The third-order valence-electron chi connectivity index (χ3n) is 4.23. The Labute approximate surface area is 162 Å². The van der Waals surface area contributed by atoms with Gasteiger partial charge in [-0.2, -0.15) is 4.99 Å². The Morgan fingerprint density at radius 3 is 2.52 bits per heavy atom. The van der Waals surface area contributed by atoms with Crippen molar-refractivity contribution in [2.24, 2.45) is 4.99 Å². The lowest BCUT2D eigenvalue weighted by atomic mass is 10.2. The first-order chi connectivity index (χ1) is 13.0. The number of thiazole rings is 1. The highest BCUT2D eigenvalue weighted by molar-refractivity contribution is 7.16. The Morgan fingerprint density at radius 1 is 1.15 bits per heavy atom. The van der Waals surface area contributed by atoms with E-state index in [2.05, 4.69) is 4.99 Å².